The van der Waals surface area contributed by atoms with Crippen molar-refractivity contribution in [3.05, 3.63) is 23.8 Å². The number of methoxy groups -OCH3 is 1. The molecule has 1 aromatic carbocycles. The molecule has 140 valence electrons. The van der Waals surface area contributed by atoms with Crippen LogP contribution in [-0.2, 0) is 14.8 Å². The second kappa shape index (κ2) is 8.08. The number of sulfonamides is 1. The van der Waals surface area contributed by atoms with Crippen molar-refractivity contribution in [1.82, 2.24) is 4.90 Å². The van der Waals surface area contributed by atoms with Gasteiger partial charge in [-0.05, 0) is 43.4 Å². The molecule has 1 saturated heterocycles. The Labute approximate surface area is 150 Å². The minimum atomic E-state index is -3.52. The Bertz CT molecular complexity index is 718. The first-order chi connectivity index (χ1) is 11.7. The summed E-state index contributed by atoms with van der Waals surface area (Å²) in [5.74, 6) is 0.988. The summed E-state index contributed by atoms with van der Waals surface area (Å²) in [6.45, 7) is 5.66. The molecule has 1 aliphatic rings. The summed E-state index contributed by atoms with van der Waals surface area (Å²) in [5.41, 5.74) is 1.41. The highest BCUT2D eigenvalue weighted by Gasteiger charge is 2.25. The van der Waals surface area contributed by atoms with Gasteiger partial charge in [0.2, 0.25) is 15.9 Å². The Balaban J connectivity index is 2.17. The normalized spacial score (nSPS) is 18.1. The van der Waals surface area contributed by atoms with E-state index in [4.69, 9.17) is 4.74 Å². The Morgan fingerprint density at radius 1 is 1.40 bits per heavy atom. The van der Waals surface area contributed by atoms with E-state index in [1.807, 2.05) is 17.9 Å². The molecule has 0 N–H and O–H groups in total. The van der Waals surface area contributed by atoms with Crippen LogP contribution in [0.5, 0.6) is 5.75 Å². The molecule has 1 atom stereocenters. The first-order valence-corrected chi connectivity index (χ1v) is 10.5. The summed E-state index contributed by atoms with van der Waals surface area (Å²) in [7, 11) is -2.01. The number of ether oxygens (including phenoxy) is 1. The van der Waals surface area contributed by atoms with Gasteiger partial charge < -0.3 is 9.64 Å². The highest BCUT2D eigenvalue weighted by atomic mass is 32.2. The topological polar surface area (TPSA) is 66.9 Å². The van der Waals surface area contributed by atoms with Crippen LogP contribution in [-0.4, -0.2) is 52.2 Å². The number of nitrogens with zero attached hydrogens (tertiary/aromatic N) is 2. The first kappa shape index (κ1) is 19.6. The van der Waals surface area contributed by atoms with Crippen LogP contribution in [0, 0.1) is 12.8 Å². The molecule has 1 amide bonds. The van der Waals surface area contributed by atoms with Gasteiger partial charge in [0.15, 0.2) is 0 Å². The van der Waals surface area contributed by atoms with Gasteiger partial charge in [0.1, 0.15) is 5.75 Å². The zero-order chi connectivity index (χ0) is 18.6. The van der Waals surface area contributed by atoms with Crippen LogP contribution in [0.4, 0.5) is 5.69 Å². The van der Waals surface area contributed by atoms with Crippen molar-refractivity contribution in [2.24, 2.45) is 5.92 Å². The van der Waals surface area contributed by atoms with E-state index in [1.54, 1.807) is 12.1 Å². The van der Waals surface area contributed by atoms with Crippen LogP contribution >= 0.6 is 0 Å². The van der Waals surface area contributed by atoms with E-state index in [0.29, 0.717) is 17.4 Å². The van der Waals surface area contributed by atoms with Crippen LogP contribution in [0.25, 0.3) is 0 Å². The molecule has 1 aromatic rings. The maximum absolute atomic E-state index is 12.5. The lowest BCUT2D eigenvalue weighted by Gasteiger charge is -2.32. The molecule has 0 aromatic heterocycles. The van der Waals surface area contributed by atoms with Gasteiger partial charge in [-0.1, -0.05) is 13.0 Å². The van der Waals surface area contributed by atoms with Gasteiger partial charge in [0, 0.05) is 26.1 Å². The predicted octanol–water partition coefficient (Wildman–Crippen LogP) is 2.42. The number of amides is 1. The average molecular weight is 368 g/mol. The van der Waals surface area contributed by atoms with Gasteiger partial charge in [0.05, 0.1) is 19.1 Å². The van der Waals surface area contributed by atoms with Crippen molar-refractivity contribution in [2.45, 2.75) is 33.1 Å². The van der Waals surface area contributed by atoms with Crippen molar-refractivity contribution in [1.29, 1.82) is 0 Å². The quantitative estimate of drug-likeness (QED) is 0.773. The smallest absolute Gasteiger partial charge is 0.232 e. The Morgan fingerprint density at radius 3 is 2.72 bits per heavy atom. The molecule has 25 heavy (non-hydrogen) atoms. The first-order valence-electron chi connectivity index (χ1n) is 8.62. The van der Waals surface area contributed by atoms with Crippen molar-refractivity contribution in [2.75, 3.05) is 37.3 Å². The van der Waals surface area contributed by atoms with E-state index in [-0.39, 0.29) is 18.9 Å². The zero-order valence-corrected chi connectivity index (χ0v) is 16.3. The third-order valence-corrected chi connectivity index (χ3v) is 5.72. The van der Waals surface area contributed by atoms with E-state index in [2.05, 4.69) is 6.92 Å². The second-order valence-corrected chi connectivity index (χ2v) is 8.75. The molecule has 0 saturated carbocycles. The fourth-order valence-corrected chi connectivity index (χ4v) is 4.15. The van der Waals surface area contributed by atoms with E-state index < -0.39 is 10.0 Å². The van der Waals surface area contributed by atoms with Gasteiger partial charge in [0.25, 0.3) is 0 Å². The number of hydrogen-bond donors (Lipinski definition) is 0. The lowest BCUT2D eigenvalue weighted by Crippen LogP contribution is -2.41. The number of carbonyl (C=O) groups excluding carboxylic acids is 1. The third-order valence-electron chi connectivity index (χ3n) is 4.54. The standard InChI is InChI=1S/C18H28N2O4S/c1-14-7-8-17(24-3)16(12-14)20(25(4,22)23)11-9-18(21)19-10-5-6-15(2)13-19/h7-8,12,15H,5-6,9-11,13H2,1-4H3. The van der Waals surface area contributed by atoms with Crippen molar-refractivity contribution in [3.8, 4) is 5.75 Å². The van der Waals surface area contributed by atoms with Crippen LogP contribution in [0.15, 0.2) is 18.2 Å². The number of piperidine rings is 1. The molecular weight excluding hydrogens is 340 g/mol. The Kier molecular flexibility index (Phi) is 6.32. The van der Waals surface area contributed by atoms with Crippen LogP contribution in [0.3, 0.4) is 0 Å². The summed E-state index contributed by atoms with van der Waals surface area (Å²) in [5, 5.41) is 0. The number of carbonyl (C=O) groups is 1. The molecule has 1 aliphatic heterocycles. The fraction of sp³-hybridized carbons (Fsp3) is 0.611. The number of hydrogen-bond acceptors (Lipinski definition) is 4. The van der Waals surface area contributed by atoms with Crippen LogP contribution < -0.4 is 9.04 Å². The summed E-state index contributed by atoms with van der Waals surface area (Å²) in [6, 6.07) is 5.38. The Hall–Kier alpha value is -1.76. The molecule has 2 rings (SSSR count). The molecule has 0 radical (unpaired) electrons. The van der Waals surface area contributed by atoms with Crippen molar-refractivity contribution >= 4 is 21.6 Å². The lowest BCUT2D eigenvalue weighted by atomic mass is 10.00. The van der Waals surface area contributed by atoms with Crippen molar-refractivity contribution < 1.29 is 17.9 Å². The van der Waals surface area contributed by atoms with E-state index >= 15 is 0 Å². The third kappa shape index (κ3) is 5.11. The summed E-state index contributed by atoms with van der Waals surface area (Å²) in [6.07, 6.45) is 3.47. The lowest BCUT2D eigenvalue weighted by molar-refractivity contribution is -0.132. The van der Waals surface area contributed by atoms with Crippen LogP contribution in [0.1, 0.15) is 31.7 Å². The number of anilines is 1. The van der Waals surface area contributed by atoms with Gasteiger partial charge >= 0.3 is 0 Å². The maximum Gasteiger partial charge on any atom is 0.232 e. The van der Waals surface area contributed by atoms with Crippen molar-refractivity contribution in [3.63, 3.8) is 0 Å². The highest BCUT2D eigenvalue weighted by molar-refractivity contribution is 7.92. The minimum Gasteiger partial charge on any atom is -0.495 e. The number of benzene rings is 1. The van der Waals surface area contributed by atoms with E-state index in [1.165, 1.54) is 11.4 Å². The molecule has 6 nitrogen and oxygen atoms in total. The largest absolute Gasteiger partial charge is 0.495 e. The summed E-state index contributed by atoms with van der Waals surface area (Å²) in [4.78, 5) is 14.4. The summed E-state index contributed by atoms with van der Waals surface area (Å²) < 4.78 is 31.2. The summed E-state index contributed by atoms with van der Waals surface area (Å²) >= 11 is 0. The highest BCUT2D eigenvalue weighted by Crippen LogP contribution is 2.31. The van der Waals surface area contributed by atoms with E-state index in [0.717, 1.165) is 37.8 Å². The van der Waals surface area contributed by atoms with E-state index in [9.17, 15) is 13.2 Å². The predicted molar refractivity (Wildman–Crippen MR) is 99.5 cm³/mol. The maximum atomic E-state index is 12.5. The molecular formula is C18H28N2O4S. The molecule has 1 heterocycles. The SMILES string of the molecule is COc1ccc(C)cc1N(CCC(=O)N1CCCC(C)C1)S(C)(=O)=O. The fourth-order valence-electron chi connectivity index (χ4n) is 3.23. The monoisotopic (exact) mass is 368 g/mol. The molecule has 1 fully saturated rings. The van der Waals surface area contributed by atoms with Gasteiger partial charge in [-0.15, -0.1) is 0 Å². The zero-order valence-electron chi connectivity index (χ0n) is 15.5. The van der Waals surface area contributed by atoms with Gasteiger partial charge in [-0.25, -0.2) is 8.42 Å². The minimum absolute atomic E-state index is 0.00631. The van der Waals surface area contributed by atoms with Gasteiger partial charge in [-0.2, -0.15) is 0 Å². The average Bonchev–Trinajstić information content (AvgIpc) is 2.54. The molecule has 1 unspecified atom stereocenters. The molecule has 0 bridgehead atoms. The van der Waals surface area contributed by atoms with Gasteiger partial charge in [-0.3, -0.25) is 9.10 Å². The van der Waals surface area contributed by atoms with Crippen LogP contribution in [0.2, 0.25) is 0 Å². The number of rotatable bonds is 6. The molecule has 7 heteroatoms. The Morgan fingerprint density at radius 2 is 2.12 bits per heavy atom. The molecule has 0 spiro atoms. The second-order valence-electron chi connectivity index (χ2n) is 6.85. The number of aryl methyl sites for hydroxylation is 1. The number of likely N-dealkylation sites (tertiary alicyclic amines) is 1. The molecule has 0 aliphatic carbocycles.